The average Bonchev–Trinajstić information content (AvgIpc) is 2.46. The van der Waals surface area contributed by atoms with Gasteiger partial charge in [-0.2, -0.15) is 0 Å². The summed E-state index contributed by atoms with van der Waals surface area (Å²) in [5.74, 6) is -0.685. The van der Waals surface area contributed by atoms with E-state index in [9.17, 15) is 12.8 Å². The Hall–Kier alpha value is -1.59. The molecule has 1 N–H and O–H groups in total. The second-order valence-electron chi connectivity index (χ2n) is 5.08. The van der Waals surface area contributed by atoms with Gasteiger partial charge in [-0.15, -0.1) is 0 Å². The van der Waals surface area contributed by atoms with Gasteiger partial charge in [-0.1, -0.05) is 43.6 Å². The summed E-state index contributed by atoms with van der Waals surface area (Å²) >= 11 is 5.66. The van der Waals surface area contributed by atoms with Crippen LogP contribution in [-0.4, -0.2) is 8.42 Å². The lowest BCUT2D eigenvalue weighted by atomic mass is 9.97. The van der Waals surface area contributed by atoms with Crippen molar-refractivity contribution in [1.29, 1.82) is 0 Å². The van der Waals surface area contributed by atoms with Crippen molar-refractivity contribution in [3.63, 3.8) is 0 Å². The minimum absolute atomic E-state index is 0.149. The van der Waals surface area contributed by atoms with E-state index in [1.807, 2.05) is 26.0 Å². The van der Waals surface area contributed by atoms with Gasteiger partial charge < -0.3 is 0 Å². The number of para-hydroxylation sites is 1. The first-order valence-electron chi connectivity index (χ1n) is 6.92. The van der Waals surface area contributed by atoms with Gasteiger partial charge in [0.1, 0.15) is 10.7 Å². The minimum Gasteiger partial charge on any atom is -0.279 e. The largest absolute Gasteiger partial charge is 0.279 e. The van der Waals surface area contributed by atoms with E-state index in [4.69, 9.17) is 11.6 Å². The van der Waals surface area contributed by atoms with Crippen LogP contribution in [0.1, 0.15) is 31.7 Å². The molecule has 0 aromatic heterocycles. The van der Waals surface area contributed by atoms with Crippen molar-refractivity contribution < 1.29 is 12.8 Å². The molecule has 0 amide bonds. The Morgan fingerprint density at radius 1 is 1.23 bits per heavy atom. The van der Waals surface area contributed by atoms with Gasteiger partial charge in [0.15, 0.2) is 0 Å². The zero-order valence-corrected chi connectivity index (χ0v) is 13.9. The highest BCUT2D eigenvalue weighted by atomic mass is 35.5. The van der Waals surface area contributed by atoms with Gasteiger partial charge in [0.05, 0.1) is 5.69 Å². The number of nitrogens with one attached hydrogen (secondary N) is 1. The fourth-order valence-electron chi connectivity index (χ4n) is 2.13. The van der Waals surface area contributed by atoms with Crippen molar-refractivity contribution in [2.75, 3.05) is 4.72 Å². The molecule has 2 aromatic rings. The zero-order valence-electron chi connectivity index (χ0n) is 12.3. The molecule has 0 saturated heterocycles. The van der Waals surface area contributed by atoms with E-state index in [-0.39, 0.29) is 10.9 Å². The van der Waals surface area contributed by atoms with Gasteiger partial charge in [-0.3, -0.25) is 4.72 Å². The van der Waals surface area contributed by atoms with Crippen molar-refractivity contribution in [1.82, 2.24) is 0 Å². The molecule has 22 heavy (non-hydrogen) atoms. The predicted molar refractivity (Wildman–Crippen MR) is 87.4 cm³/mol. The number of hydrogen-bond acceptors (Lipinski definition) is 2. The van der Waals surface area contributed by atoms with Crippen LogP contribution in [0.5, 0.6) is 0 Å². The number of benzene rings is 2. The molecule has 6 heteroatoms. The summed E-state index contributed by atoms with van der Waals surface area (Å²) in [6.07, 6.45) is 0.869. The summed E-state index contributed by atoms with van der Waals surface area (Å²) < 4.78 is 41.1. The number of hydrogen-bond donors (Lipinski definition) is 1. The van der Waals surface area contributed by atoms with E-state index < -0.39 is 20.7 Å². The van der Waals surface area contributed by atoms with Crippen LogP contribution in [0.25, 0.3) is 0 Å². The van der Waals surface area contributed by atoms with Crippen molar-refractivity contribution >= 4 is 27.3 Å². The van der Waals surface area contributed by atoms with Crippen molar-refractivity contribution in [3.8, 4) is 0 Å². The summed E-state index contributed by atoms with van der Waals surface area (Å²) in [5.41, 5.74) is 1.34. The normalized spacial score (nSPS) is 12.9. The molecule has 0 saturated carbocycles. The van der Waals surface area contributed by atoms with Gasteiger partial charge in [-0.25, -0.2) is 12.8 Å². The highest BCUT2D eigenvalue weighted by molar-refractivity contribution is 7.92. The summed E-state index contributed by atoms with van der Waals surface area (Å²) in [5, 5.41) is 0.149. The van der Waals surface area contributed by atoms with Crippen molar-refractivity contribution in [2.24, 2.45) is 0 Å². The smallest absolute Gasteiger partial charge is 0.264 e. The van der Waals surface area contributed by atoms with Crippen LogP contribution in [0, 0.1) is 5.82 Å². The first kappa shape index (κ1) is 16.8. The van der Waals surface area contributed by atoms with Crippen molar-refractivity contribution in [2.45, 2.75) is 31.1 Å². The van der Waals surface area contributed by atoms with Crippen LogP contribution < -0.4 is 4.72 Å². The van der Waals surface area contributed by atoms with E-state index in [0.717, 1.165) is 24.1 Å². The van der Waals surface area contributed by atoms with Crippen LogP contribution in [0.3, 0.4) is 0 Å². The molecular formula is C16H17ClFNO2S. The Morgan fingerprint density at radius 2 is 1.91 bits per heavy atom. The minimum atomic E-state index is -4.01. The van der Waals surface area contributed by atoms with Crippen LogP contribution in [0.15, 0.2) is 47.4 Å². The maximum Gasteiger partial charge on any atom is 0.264 e. The Labute approximate surface area is 135 Å². The fourth-order valence-corrected chi connectivity index (χ4v) is 3.44. The van der Waals surface area contributed by atoms with E-state index in [1.54, 1.807) is 12.1 Å². The third-order valence-electron chi connectivity index (χ3n) is 3.53. The van der Waals surface area contributed by atoms with Crippen LogP contribution in [-0.2, 0) is 10.0 Å². The zero-order chi connectivity index (χ0) is 16.3. The molecule has 0 heterocycles. The summed E-state index contributed by atoms with van der Waals surface area (Å²) in [7, 11) is -4.01. The number of sulfonamides is 1. The third-order valence-corrected chi connectivity index (χ3v) is 5.17. The number of halogens is 2. The summed E-state index contributed by atoms with van der Waals surface area (Å²) in [6.45, 7) is 4.03. The van der Waals surface area contributed by atoms with E-state index >= 15 is 0 Å². The molecule has 0 aliphatic carbocycles. The Morgan fingerprint density at radius 3 is 2.55 bits per heavy atom. The first-order chi connectivity index (χ1) is 10.3. The van der Waals surface area contributed by atoms with E-state index in [1.165, 1.54) is 6.07 Å². The van der Waals surface area contributed by atoms with Crippen LogP contribution in [0.2, 0.25) is 5.02 Å². The molecule has 0 aliphatic heterocycles. The lowest BCUT2D eigenvalue weighted by Gasteiger charge is -2.16. The molecule has 0 unspecified atom stereocenters. The molecule has 0 fully saturated rings. The molecule has 0 radical (unpaired) electrons. The molecule has 1 atom stereocenters. The Balaban J connectivity index is 2.41. The van der Waals surface area contributed by atoms with E-state index in [2.05, 4.69) is 4.72 Å². The van der Waals surface area contributed by atoms with Gasteiger partial charge in [0, 0.05) is 5.02 Å². The predicted octanol–water partition coefficient (Wildman–Crippen LogP) is 4.79. The topological polar surface area (TPSA) is 46.2 Å². The lowest BCUT2D eigenvalue weighted by Crippen LogP contribution is -2.16. The van der Waals surface area contributed by atoms with Crippen molar-refractivity contribution in [3.05, 3.63) is 58.9 Å². The monoisotopic (exact) mass is 341 g/mol. The van der Waals surface area contributed by atoms with Crippen LogP contribution >= 0.6 is 11.6 Å². The highest BCUT2D eigenvalue weighted by Crippen LogP contribution is 2.29. The van der Waals surface area contributed by atoms with Gasteiger partial charge in [0.25, 0.3) is 10.0 Å². The molecule has 0 aliphatic rings. The summed E-state index contributed by atoms with van der Waals surface area (Å²) in [4.78, 5) is -0.421. The first-order valence-corrected chi connectivity index (χ1v) is 8.78. The second kappa shape index (κ2) is 6.67. The fraction of sp³-hybridized carbons (Fsp3) is 0.250. The molecular weight excluding hydrogens is 325 g/mol. The van der Waals surface area contributed by atoms with Gasteiger partial charge in [0.2, 0.25) is 0 Å². The number of anilines is 1. The molecule has 118 valence electrons. The van der Waals surface area contributed by atoms with Gasteiger partial charge >= 0.3 is 0 Å². The Kier molecular flexibility index (Phi) is 5.08. The van der Waals surface area contributed by atoms with E-state index in [0.29, 0.717) is 5.69 Å². The average molecular weight is 342 g/mol. The third kappa shape index (κ3) is 3.59. The Bertz CT molecular complexity index is 777. The molecule has 0 spiro atoms. The number of rotatable bonds is 5. The SMILES string of the molecule is CC[C@H](C)c1ccccc1NS(=O)(=O)c1ccc(Cl)cc1F. The molecule has 2 aromatic carbocycles. The van der Waals surface area contributed by atoms with Crippen LogP contribution in [0.4, 0.5) is 10.1 Å². The second-order valence-corrected chi connectivity index (χ2v) is 7.16. The highest BCUT2D eigenvalue weighted by Gasteiger charge is 2.21. The molecule has 0 bridgehead atoms. The maximum atomic E-state index is 13.9. The standard InChI is InChI=1S/C16H17ClFNO2S/c1-3-11(2)13-6-4-5-7-15(13)19-22(20,21)16-9-8-12(17)10-14(16)18/h4-11,19H,3H2,1-2H3/t11-/m0/s1. The maximum absolute atomic E-state index is 13.9. The lowest BCUT2D eigenvalue weighted by molar-refractivity contribution is 0.570. The molecule has 3 nitrogen and oxygen atoms in total. The molecule has 2 rings (SSSR count). The summed E-state index contributed by atoms with van der Waals surface area (Å²) in [6, 6.07) is 10.6. The quantitative estimate of drug-likeness (QED) is 0.849. The van der Waals surface area contributed by atoms with Gasteiger partial charge in [-0.05, 0) is 42.2 Å².